The third-order valence-corrected chi connectivity index (χ3v) is 4.23. The molecule has 2 aromatic rings. The summed E-state index contributed by atoms with van der Waals surface area (Å²) < 4.78 is 5.42. The number of aromatic nitrogens is 1. The summed E-state index contributed by atoms with van der Waals surface area (Å²) in [6, 6.07) is 7.74. The Labute approximate surface area is 151 Å². The Morgan fingerprint density at radius 2 is 2.00 bits per heavy atom. The normalized spacial score (nSPS) is 14.2. The van der Waals surface area contributed by atoms with Crippen molar-refractivity contribution in [1.29, 1.82) is 0 Å². The van der Waals surface area contributed by atoms with Crippen molar-refractivity contribution >= 4 is 23.3 Å². The fourth-order valence-electron chi connectivity index (χ4n) is 2.77. The monoisotopic (exact) mass is 353 g/mol. The van der Waals surface area contributed by atoms with E-state index in [1.165, 1.54) is 11.8 Å². The minimum Gasteiger partial charge on any atom is -0.482 e. The molecule has 1 atom stereocenters. The average Bonchev–Trinajstić information content (AvgIpc) is 2.65. The van der Waals surface area contributed by atoms with Crippen molar-refractivity contribution in [3.8, 4) is 5.75 Å². The fraction of sp³-hybridized carbons (Fsp3) is 0.263. The summed E-state index contributed by atoms with van der Waals surface area (Å²) in [5.41, 5.74) is 1.80. The first-order valence-corrected chi connectivity index (χ1v) is 8.24. The van der Waals surface area contributed by atoms with Crippen LogP contribution in [0.4, 0.5) is 5.69 Å². The van der Waals surface area contributed by atoms with E-state index in [4.69, 9.17) is 4.74 Å². The first kappa shape index (κ1) is 17.6. The molecule has 3 rings (SSSR count). The Balaban J connectivity index is 1.81. The molecule has 0 bridgehead atoms. The van der Waals surface area contributed by atoms with Gasteiger partial charge in [-0.2, -0.15) is 0 Å². The first-order chi connectivity index (χ1) is 12.5. The number of anilines is 1. The van der Waals surface area contributed by atoms with E-state index in [9.17, 15) is 14.4 Å². The molecule has 2 amide bonds. The van der Waals surface area contributed by atoms with Gasteiger partial charge in [0.1, 0.15) is 11.8 Å². The summed E-state index contributed by atoms with van der Waals surface area (Å²) in [5.74, 6) is -0.273. The van der Waals surface area contributed by atoms with Crippen LogP contribution in [0.3, 0.4) is 0 Å². The molecule has 2 heterocycles. The van der Waals surface area contributed by atoms with E-state index in [2.05, 4.69) is 10.3 Å². The Bertz CT molecular complexity index is 851. The molecular formula is C19H19N3O4. The van der Waals surface area contributed by atoms with Gasteiger partial charge in [0.25, 0.3) is 5.91 Å². The van der Waals surface area contributed by atoms with E-state index in [1.54, 1.807) is 49.6 Å². The number of hydrogen-bond acceptors (Lipinski definition) is 5. The zero-order valence-electron chi connectivity index (χ0n) is 14.6. The summed E-state index contributed by atoms with van der Waals surface area (Å²) in [7, 11) is 0. The number of nitrogens with one attached hydrogen (secondary N) is 1. The van der Waals surface area contributed by atoms with Crippen LogP contribution in [0, 0.1) is 0 Å². The van der Waals surface area contributed by atoms with Gasteiger partial charge in [-0.3, -0.25) is 24.3 Å². The van der Waals surface area contributed by atoms with Crippen LogP contribution in [0.5, 0.6) is 5.75 Å². The van der Waals surface area contributed by atoms with Gasteiger partial charge in [-0.05, 0) is 49.7 Å². The number of fused-ring (bicyclic) bond motifs is 1. The van der Waals surface area contributed by atoms with Crippen molar-refractivity contribution in [2.45, 2.75) is 26.4 Å². The summed E-state index contributed by atoms with van der Waals surface area (Å²) >= 11 is 0. The minimum atomic E-state index is -0.741. The highest BCUT2D eigenvalue weighted by molar-refractivity contribution is 6.05. The van der Waals surface area contributed by atoms with E-state index in [0.29, 0.717) is 23.5 Å². The number of carbonyl (C=O) groups is 3. The van der Waals surface area contributed by atoms with Crippen LogP contribution in [0.15, 0.2) is 42.7 Å². The van der Waals surface area contributed by atoms with Crippen LogP contribution in [-0.2, 0) is 16.1 Å². The lowest BCUT2D eigenvalue weighted by Crippen LogP contribution is -2.51. The molecule has 134 valence electrons. The predicted octanol–water partition coefficient (Wildman–Crippen LogP) is 1.71. The standard InChI is InChI=1S/C19H19N3O4/c1-12(19(25)21-10-14-5-7-20-8-6-14)22-16-9-15(13(2)23)3-4-17(16)26-11-18(22)24/h3-9,12H,10-11H2,1-2H3,(H,21,25). The smallest absolute Gasteiger partial charge is 0.265 e. The van der Waals surface area contributed by atoms with Gasteiger partial charge in [-0.25, -0.2) is 0 Å². The van der Waals surface area contributed by atoms with Gasteiger partial charge < -0.3 is 10.1 Å². The molecule has 1 aromatic carbocycles. The van der Waals surface area contributed by atoms with Crippen LogP contribution >= 0.6 is 0 Å². The Kier molecular flexibility index (Phi) is 4.97. The van der Waals surface area contributed by atoms with Crippen molar-refractivity contribution in [2.75, 3.05) is 11.5 Å². The number of Topliss-reactive ketones (excluding diaryl/α,β-unsaturated/α-hetero) is 1. The summed E-state index contributed by atoms with van der Waals surface area (Å²) in [5, 5.41) is 2.82. The second-order valence-corrected chi connectivity index (χ2v) is 6.04. The topological polar surface area (TPSA) is 88.6 Å². The molecular weight excluding hydrogens is 334 g/mol. The molecule has 7 nitrogen and oxygen atoms in total. The second-order valence-electron chi connectivity index (χ2n) is 6.04. The van der Waals surface area contributed by atoms with Crippen LogP contribution in [0.25, 0.3) is 0 Å². The Morgan fingerprint density at radius 3 is 2.69 bits per heavy atom. The predicted molar refractivity (Wildman–Crippen MR) is 95.0 cm³/mol. The fourth-order valence-corrected chi connectivity index (χ4v) is 2.77. The quantitative estimate of drug-likeness (QED) is 0.827. The Morgan fingerprint density at radius 1 is 1.27 bits per heavy atom. The molecule has 1 unspecified atom stereocenters. The summed E-state index contributed by atoms with van der Waals surface area (Å²) in [6.45, 7) is 3.29. The first-order valence-electron chi connectivity index (χ1n) is 8.24. The third kappa shape index (κ3) is 3.56. The van der Waals surface area contributed by atoms with Gasteiger partial charge in [0.2, 0.25) is 5.91 Å². The number of ether oxygens (including phenoxy) is 1. The molecule has 0 saturated heterocycles. The lowest BCUT2D eigenvalue weighted by Gasteiger charge is -2.33. The van der Waals surface area contributed by atoms with Gasteiger partial charge in [-0.1, -0.05) is 0 Å². The van der Waals surface area contributed by atoms with Gasteiger partial charge in [-0.15, -0.1) is 0 Å². The van der Waals surface area contributed by atoms with E-state index < -0.39 is 6.04 Å². The number of nitrogens with zero attached hydrogens (tertiary/aromatic N) is 2. The van der Waals surface area contributed by atoms with Gasteiger partial charge >= 0.3 is 0 Å². The molecule has 1 N–H and O–H groups in total. The number of ketones is 1. The molecule has 0 radical (unpaired) electrons. The molecule has 7 heteroatoms. The molecule has 0 spiro atoms. The number of amides is 2. The molecule has 0 saturated carbocycles. The van der Waals surface area contributed by atoms with E-state index in [0.717, 1.165) is 5.56 Å². The van der Waals surface area contributed by atoms with Crippen LogP contribution in [-0.4, -0.2) is 35.2 Å². The van der Waals surface area contributed by atoms with Crippen molar-refractivity contribution in [3.05, 3.63) is 53.9 Å². The highest BCUT2D eigenvalue weighted by Crippen LogP contribution is 2.34. The van der Waals surface area contributed by atoms with Crippen molar-refractivity contribution < 1.29 is 19.1 Å². The van der Waals surface area contributed by atoms with Crippen LogP contribution in [0.1, 0.15) is 29.8 Å². The number of benzene rings is 1. The number of carbonyl (C=O) groups excluding carboxylic acids is 3. The molecule has 0 aliphatic carbocycles. The molecule has 1 aliphatic heterocycles. The molecule has 1 aliphatic rings. The number of hydrogen-bond donors (Lipinski definition) is 1. The number of rotatable bonds is 5. The lowest BCUT2D eigenvalue weighted by molar-refractivity contribution is -0.127. The SMILES string of the molecule is CC(=O)c1ccc2c(c1)N(C(C)C(=O)NCc1ccncc1)C(=O)CO2. The zero-order chi connectivity index (χ0) is 18.7. The largest absolute Gasteiger partial charge is 0.482 e. The third-order valence-electron chi connectivity index (χ3n) is 4.23. The van der Waals surface area contributed by atoms with E-state index >= 15 is 0 Å². The van der Waals surface area contributed by atoms with Gasteiger partial charge in [0.15, 0.2) is 12.4 Å². The molecule has 1 aromatic heterocycles. The van der Waals surface area contributed by atoms with Crippen molar-refractivity contribution in [2.24, 2.45) is 0 Å². The van der Waals surface area contributed by atoms with E-state index in [1.807, 2.05) is 0 Å². The van der Waals surface area contributed by atoms with Crippen molar-refractivity contribution in [3.63, 3.8) is 0 Å². The Hall–Kier alpha value is -3.22. The number of pyridine rings is 1. The van der Waals surface area contributed by atoms with E-state index in [-0.39, 0.29) is 24.2 Å². The maximum atomic E-state index is 12.6. The van der Waals surface area contributed by atoms with Crippen molar-refractivity contribution in [1.82, 2.24) is 10.3 Å². The summed E-state index contributed by atoms with van der Waals surface area (Å²) in [4.78, 5) is 41.9. The summed E-state index contributed by atoms with van der Waals surface area (Å²) in [6.07, 6.45) is 3.30. The average molecular weight is 353 g/mol. The molecule has 26 heavy (non-hydrogen) atoms. The lowest BCUT2D eigenvalue weighted by atomic mass is 10.1. The minimum absolute atomic E-state index is 0.124. The van der Waals surface area contributed by atoms with Crippen LogP contribution < -0.4 is 15.0 Å². The maximum Gasteiger partial charge on any atom is 0.265 e. The second kappa shape index (κ2) is 7.35. The van der Waals surface area contributed by atoms with Gasteiger partial charge in [0.05, 0.1) is 5.69 Å². The van der Waals surface area contributed by atoms with Gasteiger partial charge in [0, 0.05) is 24.5 Å². The molecule has 0 fully saturated rings. The highest BCUT2D eigenvalue weighted by atomic mass is 16.5. The highest BCUT2D eigenvalue weighted by Gasteiger charge is 2.33. The van der Waals surface area contributed by atoms with Crippen LogP contribution in [0.2, 0.25) is 0 Å². The maximum absolute atomic E-state index is 12.6. The zero-order valence-corrected chi connectivity index (χ0v) is 14.6.